The Bertz CT molecular complexity index is 414. The fraction of sp³-hybridized carbons (Fsp3) is 0.875. The van der Waals surface area contributed by atoms with E-state index in [4.69, 9.17) is 10.9 Å². The number of oxime groups is 1. The number of nitrogens with one attached hydrogen (secondary N) is 1. The smallest absolute Gasteiger partial charge is 0.234 e. The first-order valence-corrected chi connectivity index (χ1v) is 8.19. The molecule has 2 rings (SSSR count). The van der Waals surface area contributed by atoms with Gasteiger partial charge < -0.3 is 16.3 Å². The first kappa shape index (κ1) is 16.1. The van der Waals surface area contributed by atoms with Gasteiger partial charge in [-0.1, -0.05) is 38.8 Å². The molecule has 0 aromatic rings. The third-order valence-corrected chi connectivity index (χ3v) is 5.42. The molecule has 0 radical (unpaired) electrons. The fourth-order valence-corrected chi connectivity index (χ4v) is 4.18. The molecule has 2 aliphatic rings. The van der Waals surface area contributed by atoms with Gasteiger partial charge in [0, 0.05) is 6.04 Å². The van der Waals surface area contributed by atoms with Gasteiger partial charge in [-0.05, 0) is 43.4 Å². The van der Waals surface area contributed by atoms with E-state index in [0.29, 0.717) is 30.6 Å². The van der Waals surface area contributed by atoms with Gasteiger partial charge in [0.1, 0.15) is 5.41 Å². The van der Waals surface area contributed by atoms with E-state index in [1.165, 1.54) is 19.3 Å². The van der Waals surface area contributed by atoms with Crippen molar-refractivity contribution in [3.05, 3.63) is 0 Å². The molecule has 2 saturated carbocycles. The number of carbonyl (C=O) groups excluding carboxylic acids is 1. The Labute approximate surface area is 127 Å². The van der Waals surface area contributed by atoms with Crippen LogP contribution in [0.3, 0.4) is 0 Å². The molecule has 2 unspecified atom stereocenters. The van der Waals surface area contributed by atoms with Crippen LogP contribution in [0.5, 0.6) is 0 Å². The molecule has 1 amide bonds. The number of amidine groups is 1. The highest BCUT2D eigenvalue weighted by atomic mass is 16.4. The van der Waals surface area contributed by atoms with E-state index in [9.17, 15) is 4.79 Å². The van der Waals surface area contributed by atoms with Crippen LogP contribution in [0.1, 0.15) is 59.3 Å². The lowest BCUT2D eigenvalue weighted by atomic mass is 9.61. The Morgan fingerprint density at radius 3 is 2.48 bits per heavy atom. The zero-order valence-electron chi connectivity index (χ0n) is 13.4. The highest BCUT2D eigenvalue weighted by Crippen LogP contribution is 2.46. The minimum atomic E-state index is -0.785. The molecule has 0 aliphatic heterocycles. The first-order valence-electron chi connectivity index (χ1n) is 8.19. The molecule has 0 spiro atoms. The summed E-state index contributed by atoms with van der Waals surface area (Å²) in [5, 5.41) is 15.3. The van der Waals surface area contributed by atoms with Crippen molar-refractivity contribution in [3.63, 3.8) is 0 Å². The van der Waals surface area contributed by atoms with Crippen molar-refractivity contribution in [2.75, 3.05) is 0 Å². The number of amides is 1. The molecule has 0 bridgehead atoms. The summed E-state index contributed by atoms with van der Waals surface area (Å²) in [7, 11) is 0. The van der Waals surface area contributed by atoms with Crippen LogP contribution in [0.15, 0.2) is 5.16 Å². The Kier molecular flexibility index (Phi) is 4.79. The molecule has 2 atom stereocenters. The summed E-state index contributed by atoms with van der Waals surface area (Å²) in [6.07, 6.45) is 5.98. The van der Waals surface area contributed by atoms with Gasteiger partial charge in [-0.3, -0.25) is 4.79 Å². The Morgan fingerprint density at radius 1 is 1.33 bits per heavy atom. The van der Waals surface area contributed by atoms with Gasteiger partial charge in [-0.2, -0.15) is 0 Å². The molecular weight excluding hydrogens is 266 g/mol. The molecule has 120 valence electrons. The zero-order valence-corrected chi connectivity index (χ0v) is 13.4. The molecular formula is C16H29N3O2. The van der Waals surface area contributed by atoms with Crippen LogP contribution in [-0.2, 0) is 4.79 Å². The van der Waals surface area contributed by atoms with Crippen LogP contribution in [-0.4, -0.2) is 23.0 Å². The number of rotatable bonds is 4. The predicted octanol–water partition coefficient (Wildman–Crippen LogP) is 2.48. The number of nitrogens with two attached hydrogens (primary N) is 1. The minimum absolute atomic E-state index is 0.0477. The fourth-order valence-electron chi connectivity index (χ4n) is 4.18. The van der Waals surface area contributed by atoms with Crippen LogP contribution in [0.4, 0.5) is 0 Å². The van der Waals surface area contributed by atoms with Crippen LogP contribution < -0.4 is 11.1 Å². The SMILES string of the molecule is CC1CC(C(=O)NC2CCCCC2C(C)C)(C(N)=NO)C1. The monoisotopic (exact) mass is 295 g/mol. The maximum absolute atomic E-state index is 12.7. The Hall–Kier alpha value is -1.26. The van der Waals surface area contributed by atoms with E-state index in [1.54, 1.807) is 0 Å². The van der Waals surface area contributed by atoms with E-state index < -0.39 is 5.41 Å². The summed E-state index contributed by atoms with van der Waals surface area (Å²) in [6.45, 7) is 6.54. The second kappa shape index (κ2) is 6.24. The second-order valence-corrected chi connectivity index (χ2v) is 7.35. The van der Waals surface area contributed by atoms with E-state index in [2.05, 4.69) is 31.2 Å². The zero-order chi connectivity index (χ0) is 15.6. The quantitative estimate of drug-likeness (QED) is 0.322. The molecule has 2 aliphatic carbocycles. The topological polar surface area (TPSA) is 87.7 Å². The lowest BCUT2D eigenvalue weighted by Gasteiger charge is -2.45. The number of hydrogen-bond acceptors (Lipinski definition) is 3. The van der Waals surface area contributed by atoms with Crippen molar-refractivity contribution < 1.29 is 10.0 Å². The van der Waals surface area contributed by atoms with Crippen LogP contribution in [0.2, 0.25) is 0 Å². The van der Waals surface area contributed by atoms with E-state index in [-0.39, 0.29) is 17.8 Å². The van der Waals surface area contributed by atoms with Crippen LogP contribution in [0.25, 0.3) is 0 Å². The molecule has 2 fully saturated rings. The van der Waals surface area contributed by atoms with Crippen molar-refractivity contribution in [1.29, 1.82) is 0 Å². The molecule has 5 heteroatoms. The third-order valence-electron chi connectivity index (χ3n) is 5.42. The summed E-state index contributed by atoms with van der Waals surface area (Å²) in [6, 6.07) is 0.227. The van der Waals surface area contributed by atoms with Crippen LogP contribution >= 0.6 is 0 Å². The van der Waals surface area contributed by atoms with Gasteiger partial charge in [-0.25, -0.2) is 0 Å². The van der Waals surface area contributed by atoms with E-state index in [0.717, 1.165) is 6.42 Å². The average molecular weight is 295 g/mol. The van der Waals surface area contributed by atoms with E-state index >= 15 is 0 Å². The maximum Gasteiger partial charge on any atom is 0.234 e. The summed E-state index contributed by atoms with van der Waals surface area (Å²) < 4.78 is 0. The molecule has 0 aromatic carbocycles. The lowest BCUT2D eigenvalue weighted by molar-refractivity contribution is -0.134. The summed E-state index contributed by atoms with van der Waals surface area (Å²) in [5.74, 6) is 1.56. The standard InChI is InChI=1S/C16H29N3O2/c1-10(2)12-6-4-5-7-13(12)18-15(20)16(14(17)19-21)8-11(3)9-16/h10-13,21H,4-9H2,1-3H3,(H2,17,19)(H,18,20). The number of nitrogens with zero attached hydrogens (tertiary/aromatic N) is 1. The molecule has 21 heavy (non-hydrogen) atoms. The maximum atomic E-state index is 12.7. The van der Waals surface area contributed by atoms with Gasteiger partial charge in [-0.15, -0.1) is 0 Å². The number of hydrogen-bond donors (Lipinski definition) is 3. The summed E-state index contributed by atoms with van der Waals surface area (Å²) in [5.41, 5.74) is 5.03. The largest absolute Gasteiger partial charge is 0.409 e. The number of carbonyl (C=O) groups is 1. The van der Waals surface area contributed by atoms with Gasteiger partial charge in [0.2, 0.25) is 5.91 Å². The van der Waals surface area contributed by atoms with Crippen molar-refractivity contribution in [1.82, 2.24) is 5.32 Å². The summed E-state index contributed by atoms with van der Waals surface area (Å²) >= 11 is 0. The van der Waals surface area contributed by atoms with Gasteiger partial charge >= 0.3 is 0 Å². The Morgan fingerprint density at radius 2 is 1.95 bits per heavy atom. The Balaban J connectivity index is 2.08. The third kappa shape index (κ3) is 3.01. The van der Waals surface area contributed by atoms with E-state index in [1.807, 2.05) is 0 Å². The van der Waals surface area contributed by atoms with Gasteiger partial charge in [0.05, 0.1) is 0 Å². The van der Waals surface area contributed by atoms with Crippen molar-refractivity contribution in [3.8, 4) is 0 Å². The molecule has 0 aromatic heterocycles. The van der Waals surface area contributed by atoms with Crippen molar-refractivity contribution in [2.45, 2.75) is 65.3 Å². The van der Waals surface area contributed by atoms with Crippen molar-refractivity contribution in [2.24, 2.45) is 34.1 Å². The highest BCUT2D eigenvalue weighted by molar-refractivity contribution is 6.07. The predicted molar refractivity (Wildman–Crippen MR) is 83.0 cm³/mol. The first-order chi connectivity index (χ1) is 9.90. The van der Waals surface area contributed by atoms with Gasteiger partial charge in [0.15, 0.2) is 5.84 Å². The van der Waals surface area contributed by atoms with Crippen molar-refractivity contribution >= 4 is 11.7 Å². The van der Waals surface area contributed by atoms with Crippen LogP contribution in [0, 0.1) is 23.2 Å². The molecule has 4 N–H and O–H groups in total. The summed E-state index contributed by atoms with van der Waals surface area (Å²) in [4.78, 5) is 12.7. The normalized spacial score (nSPS) is 37.1. The molecule has 0 saturated heterocycles. The lowest BCUT2D eigenvalue weighted by Crippen LogP contribution is -2.59. The molecule has 0 heterocycles. The average Bonchev–Trinajstić information content (AvgIpc) is 2.43. The van der Waals surface area contributed by atoms with Gasteiger partial charge in [0.25, 0.3) is 0 Å². The molecule has 5 nitrogen and oxygen atoms in total. The highest BCUT2D eigenvalue weighted by Gasteiger charge is 2.52. The second-order valence-electron chi connectivity index (χ2n) is 7.35. The minimum Gasteiger partial charge on any atom is -0.409 e.